The number of rotatable bonds is 2. The molecule has 21 heavy (non-hydrogen) atoms. The first-order chi connectivity index (χ1) is 10.1. The summed E-state index contributed by atoms with van der Waals surface area (Å²) in [5, 5.41) is 31.4. The SMILES string of the molecule is CN(C)N1C(=C(C#N)C#N)[C@H](c2ccccc2)C[C@H]1C#N. The van der Waals surface area contributed by atoms with Crippen molar-refractivity contribution in [2.24, 2.45) is 0 Å². The molecule has 1 heterocycles. The molecule has 5 nitrogen and oxygen atoms in total. The molecule has 0 bridgehead atoms. The maximum Gasteiger partial charge on any atom is 0.150 e. The topological polar surface area (TPSA) is 77.8 Å². The van der Waals surface area contributed by atoms with Crippen LogP contribution in [0.5, 0.6) is 0 Å². The van der Waals surface area contributed by atoms with E-state index in [1.807, 2.05) is 56.6 Å². The summed E-state index contributed by atoms with van der Waals surface area (Å²) in [6, 6.07) is 15.5. The fourth-order valence-electron chi connectivity index (χ4n) is 2.77. The van der Waals surface area contributed by atoms with Gasteiger partial charge in [-0.25, -0.2) is 5.01 Å². The zero-order chi connectivity index (χ0) is 15.4. The van der Waals surface area contributed by atoms with Crippen LogP contribution in [0.25, 0.3) is 0 Å². The van der Waals surface area contributed by atoms with Crippen molar-refractivity contribution in [3.05, 3.63) is 47.2 Å². The second kappa shape index (κ2) is 6.09. The number of nitrogens with zero attached hydrogens (tertiary/aromatic N) is 5. The van der Waals surface area contributed by atoms with Gasteiger partial charge in [0.05, 0.1) is 11.8 Å². The van der Waals surface area contributed by atoms with Crippen molar-refractivity contribution in [3.63, 3.8) is 0 Å². The summed E-state index contributed by atoms with van der Waals surface area (Å²) in [5.41, 5.74) is 1.69. The van der Waals surface area contributed by atoms with Crippen LogP contribution in [0.15, 0.2) is 41.6 Å². The molecule has 2 atom stereocenters. The van der Waals surface area contributed by atoms with Crippen molar-refractivity contribution < 1.29 is 0 Å². The molecule has 0 N–H and O–H groups in total. The molecule has 104 valence electrons. The molecule has 0 aliphatic carbocycles. The predicted molar refractivity (Wildman–Crippen MR) is 77.0 cm³/mol. The first kappa shape index (κ1) is 14.6. The van der Waals surface area contributed by atoms with Crippen LogP contribution in [-0.2, 0) is 0 Å². The van der Waals surface area contributed by atoms with Crippen molar-refractivity contribution in [2.75, 3.05) is 14.1 Å². The number of nitriles is 3. The normalized spacial score (nSPS) is 20.8. The first-order valence-corrected chi connectivity index (χ1v) is 6.59. The highest BCUT2D eigenvalue weighted by molar-refractivity contribution is 5.47. The lowest BCUT2D eigenvalue weighted by Gasteiger charge is -2.31. The van der Waals surface area contributed by atoms with Gasteiger partial charge in [-0.3, -0.25) is 5.01 Å². The van der Waals surface area contributed by atoms with E-state index in [-0.39, 0.29) is 17.5 Å². The molecule has 1 aromatic carbocycles. The molecule has 1 aromatic rings. The average Bonchev–Trinajstić information content (AvgIpc) is 2.89. The van der Waals surface area contributed by atoms with E-state index in [9.17, 15) is 15.8 Å². The molecule has 5 heteroatoms. The van der Waals surface area contributed by atoms with E-state index in [0.717, 1.165) is 5.56 Å². The lowest BCUT2D eigenvalue weighted by atomic mass is 9.92. The molecule has 0 unspecified atom stereocenters. The molecular formula is C16H15N5. The van der Waals surface area contributed by atoms with E-state index in [4.69, 9.17) is 0 Å². The molecule has 0 spiro atoms. The standard InChI is InChI=1S/C16H15N5/c1-20(2)21-14(11-19)8-15(12-6-4-3-5-7-12)16(21)13(9-17)10-18/h3-7,14-15H,8H2,1-2H3/t14-,15-/m0/s1. The third-order valence-electron chi connectivity index (χ3n) is 3.59. The van der Waals surface area contributed by atoms with Gasteiger partial charge in [0.25, 0.3) is 0 Å². The molecule has 1 aliphatic rings. The van der Waals surface area contributed by atoms with Gasteiger partial charge in [-0.15, -0.1) is 0 Å². The van der Waals surface area contributed by atoms with Crippen LogP contribution in [0.1, 0.15) is 17.9 Å². The maximum absolute atomic E-state index is 9.39. The largest absolute Gasteiger partial charge is 0.290 e. The summed E-state index contributed by atoms with van der Waals surface area (Å²) in [7, 11) is 3.62. The monoisotopic (exact) mass is 277 g/mol. The number of hydrogen-bond acceptors (Lipinski definition) is 5. The van der Waals surface area contributed by atoms with Crippen LogP contribution in [-0.4, -0.2) is 30.2 Å². The quantitative estimate of drug-likeness (QED) is 0.774. The van der Waals surface area contributed by atoms with Crippen LogP contribution in [0.3, 0.4) is 0 Å². The Labute approximate surface area is 124 Å². The van der Waals surface area contributed by atoms with E-state index in [1.54, 1.807) is 10.0 Å². The fourth-order valence-corrected chi connectivity index (χ4v) is 2.77. The Balaban J connectivity index is 2.61. The minimum Gasteiger partial charge on any atom is -0.290 e. The predicted octanol–water partition coefficient (Wildman–Crippen LogP) is 2.15. The maximum atomic E-state index is 9.39. The van der Waals surface area contributed by atoms with Crippen molar-refractivity contribution >= 4 is 0 Å². The van der Waals surface area contributed by atoms with Crippen molar-refractivity contribution in [2.45, 2.75) is 18.4 Å². The van der Waals surface area contributed by atoms with Crippen LogP contribution in [0, 0.1) is 34.0 Å². The molecule has 0 aromatic heterocycles. The summed E-state index contributed by atoms with van der Waals surface area (Å²) in [6.45, 7) is 0. The van der Waals surface area contributed by atoms with Gasteiger partial charge in [0.2, 0.25) is 0 Å². The third-order valence-corrected chi connectivity index (χ3v) is 3.59. The van der Waals surface area contributed by atoms with Gasteiger partial charge in [0.1, 0.15) is 18.2 Å². The van der Waals surface area contributed by atoms with Gasteiger partial charge in [0.15, 0.2) is 5.57 Å². The highest BCUT2D eigenvalue weighted by Gasteiger charge is 2.40. The van der Waals surface area contributed by atoms with Crippen LogP contribution in [0.2, 0.25) is 0 Å². The highest BCUT2D eigenvalue weighted by Crippen LogP contribution is 2.42. The zero-order valence-electron chi connectivity index (χ0n) is 12.0. The molecule has 0 saturated carbocycles. The van der Waals surface area contributed by atoms with Gasteiger partial charge in [-0.2, -0.15) is 15.8 Å². The summed E-state index contributed by atoms with van der Waals surface area (Å²) in [4.78, 5) is 0. The third kappa shape index (κ3) is 2.58. The average molecular weight is 277 g/mol. The number of hydrogen-bond donors (Lipinski definition) is 0. The first-order valence-electron chi connectivity index (χ1n) is 6.59. The van der Waals surface area contributed by atoms with Crippen LogP contribution in [0.4, 0.5) is 0 Å². The second-order valence-electron chi connectivity index (χ2n) is 5.02. The van der Waals surface area contributed by atoms with E-state index in [0.29, 0.717) is 12.1 Å². The Hall–Kier alpha value is -2.81. The Morgan fingerprint density at radius 3 is 2.24 bits per heavy atom. The zero-order valence-corrected chi connectivity index (χ0v) is 12.0. The van der Waals surface area contributed by atoms with Crippen molar-refractivity contribution in [3.8, 4) is 18.2 Å². The van der Waals surface area contributed by atoms with E-state index < -0.39 is 0 Å². The van der Waals surface area contributed by atoms with E-state index in [2.05, 4.69) is 6.07 Å². The molecule has 1 aliphatic heterocycles. The highest BCUT2D eigenvalue weighted by atomic mass is 15.6. The lowest BCUT2D eigenvalue weighted by molar-refractivity contribution is 0.0606. The summed E-state index contributed by atoms with van der Waals surface area (Å²) < 4.78 is 0. The Bertz CT molecular complexity index is 653. The Morgan fingerprint density at radius 1 is 1.14 bits per heavy atom. The van der Waals surface area contributed by atoms with Crippen LogP contribution < -0.4 is 0 Å². The Morgan fingerprint density at radius 2 is 1.76 bits per heavy atom. The smallest absolute Gasteiger partial charge is 0.150 e. The van der Waals surface area contributed by atoms with Crippen LogP contribution >= 0.6 is 0 Å². The van der Waals surface area contributed by atoms with Crippen molar-refractivity contribution in [1.29, 1.82) is 15.8 Å². The molecular weight excluding hydrogens is 262 g/mol. The van der Waals surface area contributed by atoms with Gasteiger partial charge in [0, 0.05) is 20.0 Å². The number of benzene rings is 1. The Kier molecular flexibility index (Phi) is 4.24. The summed E-state index contributed by atoms with van der Waals surface area (Å²) in [5.74, 6) is -0.118. The number of hydrazine groups is 1. The van der Waals surface area contributed by atoms with Gasteiger partial charge in [-0.1, -0.05) is 30.3 Å². The summed E-state index contributed by atoms with van der Waals surface area (Å²) in [6.07, 6.45) is 0.570. The minimum atomic E-state index is -0.378. The minimum absolute atomic E-state index is 0.0651. The molecule has 2 rings (SSSR count). The molecule has 1 saturated heterocycles. The lowest BCUT2D eigenvalue weighted by Crippen LogP contribution is -2.39. The van der Waals surface area contributed by atoms with Gasteiger partial charge < -0.3 is 0 Å². The van der Waals surface area contributed by atoms with E-state index in [1.165, 1.54) is 0 Å². The van der Waals surface area contributed by atoms with E-state index >= 15 is 0 Å². The van der Waals surface area contributed by atoms with Crippen molar-refractivity contribution in [1.82, 2.24) is 10.0 Å². The molecule has 0 amide bonds. The fraction of sp³-hybridized carbons (Fsp3) is 0.312. The molecule has 0 radical (unpaired) electrons. The van der Waals surface area contributed by atoms with Gasteiger partial charge >= 0.3 is 0 Å². The number of allylic oxidation sites excluding steroid dienone is 2. The molecule has 1 fully saturated rings. The summed E-state index contributed by atoms with van der Waals surface area (Å²) >= 11 is 0. The second-order valence-corrected chi connectivity index (χ2v) is 5.02. The van der Waals surface area contributed by atoms with Gasteiger partial charge in [-0.05, 0) is 12.0 Å².